The van der Waals surface area contributed by atoms with Crippen LogP contribution in [0.3, 0.4) is 0 Å². The van der Waals surface area contributed by atoms with E-state index in [9.17, 15) is 4.79 Å². The van der Waals surface area contributed by atoms with Crippen molar-refractivity contribution in [2.45, 2.75) is 27.2 Å². The molecule has 0 aromatic rings. The third kappa shape index (κ3) is 36.0. The van der Waals surface area contributed by atoms with E-state index in [-0.39, 0.29) is 39.1 Å². The molecule has 115 valence electrons. The van der Waals surface area contributed by atoms with Gasteiger partial charge >= 0.3 is 0 Å². The maximum atomic E-state index is 10.4. The third-order valence-electron chi connectivity index (χ3n) is 1.27. The van der Waals surface area contributed by atoms with Gasteiger partial charge in [0.25, 0.3) is 0 Å². The maximum Gasteiger partial charge on any atom is 0.221 e. The van der Waals surface area contributed by atoms with Crippen LogP contribution in [0.2, 0.25) is 0 Å². The number of nitrogens with two attached hydrogens (primary N) is 2. The molecule has 0 saturated heterocycles. The maximum absolute atomic E-state index is 10.4. The van der Waals surface area contributed by atoms with Gasteiger partial charge in [0, 0.05) is 32.7 Å². The van der Waals surface area contributed by atoms with Crippen LogP contribution in [0.25, 0.3) is 0 Å². The molecule has 0 heterocycles. The van der Waals surface area contributed by atoms with E-state index < -0.39 is 5.91 Å². The summed E-state index contributed by atoms with van der Waals surface area (Å²) in [6.07, 6.45) is 3.39. The van der Waals surface area contributed by atoms with Gasteiger partial charge in [-0.15, -0.1) is 0 Å². The van der Waals surface area contributed by atoms with Crippen LogP contribution in [0.1, 0.15) is 27.2 Å². The predicted octanol–water partition coefficient (Wildman–Crippen LogP) is 2.93. The monoisotopic (exact) mass is 359 g/mol. The fourth-order valence-electron chi connectivity index (χ4n) is 0.585. The Hall–Kier alpha value is -0.706. The summed E-state index contributed by atoms with van der Waals surface area (Å²) in [4.78, 5) is 10.4. The first-order valence-corrected chi connectivity index (χ1v) is 6.08. The Morgan fingerprint density at radius 3 is 1.70 bits per heavy atom. The van der Waals surface area contributed by atoms with Crippen molar-refractivity contribution in [3.8, 4) is 0 Å². The number of primary amides is 1. The van der Waals surface area contributed by atoms with E-state index >= 15 is 0 Å². The van der Waals surface area contributed by atoms with E-state index in [1.807, 2.05) is 20.8 Å². The minimum atomic E-state index is -0.421. The molecule has 20 heavy (non-hydrogen) atoms. The van der Waals surface area contributed by atoms with Gasteiger partial charge in [-0.2, -0.15) is 0 Å². The van der Waals surface area contributed by atoms with Crippen molar-refractivity contribution in [3.05, 3.63) is 49.8 Å². The number of hydrogen-bond acceptors (Lipinski definition) is 3. The van der Waals surface area contributed by atoms with Gasteiger partial charge < -0.3 is 16.2 Å². The van der Waals surface area contributed by atoms with Crippen LogP contribution in [0.4, 0.5) is 0 Å². The summed E-state index contributed by atoms with van der Waals surface area (Å²) in [5.41, 5.74) is 9.97. The van der Waals surface area contributed by atoms with Crippen LogP contribution in [0, 0.1) is 0 Å². The van der Waals surface area contributed by atoms with Crippen molar-refractivity contribution in [1.29, 1.82) is 0 Å². The first-order valence-electron chi connectivity index (χ1n) is 6.08. The van der Waals surface area contributed by atoms with Gasteiger partial charge in [-0.1, -0.05) is 52.3 Å². The van der Waals surface area contributed by atoms with E-state index in [1.165, 1.54) is 7.05 Å². The van der Waals surface area contributed by atoms with Crippen molar-refractivity contribution in [2.24, 2.45) is 11.5 Å². The third-order valence-corrected chi connectivity index (χ3v) is 1.27. The molecule has 0 saturated carbocycles. The van der Waals surface area contributed by atoms with Crippen molar-refractivity contribution in [3.63, 3.8) is 0 Å². The minimum absolute atomic E-state index is 0. The standard InChI is InChI=1S/C8H13NO2.C4H6.C2H6.CH5N.Y/c1-4-11-7(3)6(2)5-8(9)10;1-3-4-2;2*1-2;/h2-5H2,1H3,(H2,9,10);3-4H,1-2H2;1-2H3;2H2,1H3;. The molecule has 5 heteroatoms. The zero-order valence-electron chi connectivity index (χ0n) is 13.4. The summed E-state index contributed by atoms with van der Waals surface area (Å²) >= 11 is 0. The van der Waals surface area contributed by atoms with Gasteiger partial charge in [0.05, 0.1) is 13.0 Å². The zero-order chi connectivity index (χ0) is 16.3. The molecule has 0 rings (SSSR count). The van der Waals surface area contributed by atoms with Crippen LogP contribution < -0.4 is 11.5 Å². The Morgan fingerprint density at radius 2 is 1.50 bits per heavy atom. The number of amides is 1. The second-order valence-electron chi connectivity index (χ2n) is 2.57. The number of ether oxygens (including phenoxy) is 1. The summed E-state index contributed by atoms with van der Waals surface area (Å²) in [6.45, 7) is 20.2. The molecule has 0 bridgehead atoms. The van der Waals surface area contributed by atoms with E-state index in [4.69, 9.17) is 10.5 Å². The number of carbonyl (C=O) groups excluding carboxylic acids is 1. The summed E-state index contributed by atoms with van der Waals surface area (Å²) < 4.78 is 5.00. The van der Waals surface area contributed by atoms with Gasteiger partial charge in [-0.25, -0.2) is 0 Å². The molecular weight excluding hydrogens is 329 g/mol. The molecule has 0 unspecified atom stereocenters. The molecule has 0 aliphatic carbocycles. The van der Waals surface area contributed by atoms with Crippen molar-refractivity contribution >= 4 is 5.91 Å². The number of carbonyl (C=O) groups is 1. The quantitative estimate of drug-likeness (QED) is 0.565. The Morgan fingerprint density at radius 1 is 1.15 bits per heavy atom. The first-order chi connectivity index (χ1) is 8.99. The largest absolute Gasteiger partial charge is 0.494 e. The molecule has 0 fully saturated rings. The Balaban J connectivity index is -0.0000000705. The molecule has 0 aromatic heterocycles. The van der Waals surface area contributed by atoms with Gasteiger partial charge in [-0.3, -0.25) is 4.79 Å². The average Bonchev–Trinajstić information content (AvgIpc) is 2.43. The minimum Gasteiger partial charge on any atom is -0.494 e. The van der Waals surface area contributed by atoms with Gasteiger partial charge in [0.2, 0.25) is 5.91 Å². The number of rotatable bonds is 6. The summed E-state index contributed by atoms with van der Waals surface area (Å²) in [5.74, 6) is 0.0159. The molecule has 4 N–H and O–H groups in total. The van der Waals surface area contributed by atoms with E-state index in [0.29, 0.717) is 17.9 Å². The fraction of sp³-hybridized carbons (Fsp3) is 0.400. The van der Waals surface area contributed by atoms with E-state index in [0.717, 1.165) is 0 Å². The first kappa shape index (κ1) is 31.6. The van der Waals surface area contributed by atoms with Crippen LogP contribution in [-0.4, -0.2) is 19.6 Å². The van der Waals surface area contributed by atoms with Gasteiger partial charge in [0.15, 0.2) is 0 Å². The van der Waals surface area contributed by atoms with Gasteiger partial charge in [-0.05, 0) is 19.5 Å². The van der Waals surface area contributed by atoms with E-state index in [2.05, 4.69) is 32.0 Å². The van der Waals surface area contributed by atoms with Crippen LogP contribution >= 0.6 is 0 Å². The SMILES string of the molecule is C=C(CC(N)=O)C(=C)OCC.C=CC=C.CC.CN.[Y]. The zero-order valence-corrected chi connectivity index (χ0v) is 16.3. The normalized spacial score (nSPS) is 6.45. The summed E-state index contributed by atoms with van der Waals surface area (Å²) in [7, 11) is 1.50. The molecule has 4 nitrogen and oxygen atoms in total. The van der Waals surface area contributed by atoms with Crippen LogP contribution in [0.15, 0.2) is 49.8 Å². The van der Waals surface area contributed by atoms with Crippen molar-refractivity contribution in [1.82, 2.24) is 0 Å². The van der Waals surface area contributed by atoms with Crippen LogP contribution in [-0.2, 0) is 42.2 Å². The molecule has 0 spiro atoms. The molecule has 1 radical (unpaired) electrons. The topological polar surface area (TPSA) is 78.3 Å². The molecule has 0 aromatic carbocycles. The molecule has 1 amide bonds. The molecular formula is C15H30N2O2Y. The Labute approximate surface area is 149 Å². The van der Waals surface area contributed by atoms with Crippen molar-refractivity contribution < 1.29 is 42.2 Å². The second kappa shape index (κ2) is 31.0. The predicted molar refractivity (Wildman–Crippen MR) is 85.6 cm³/mol. The van der Waals surface area contributed by atoms with Crippen molar-refractivity contribution in [2.75, 3.05) is 13.7 Å². The fourth-order valence-corrected chi connectivity index (χ4v) is 0.585. The van der Waals surface area contributed by atoms with E-state index in [1.54, 1.807) is 12.2 Å². The number of allylic oxidation sites excluding steroid dienone is 3. The summed E-state index contributed by atoms with van der Waals surface area (Å²) in [5, 5.41) is 0. The molecule has 0 atom stereocenters. The Bertz CT molecular complexity index is 259. The smallest absolute Gasteiger partial charge is 0.221 e. The number of hydrogen-bond donors (Lipinski definition) is 2. The van der Waals surface area contributed by atoms with Gasteiger partial charge in [0.1, 0.15) is 5.76 Å². The Kier molecular flexibility index (Phi) is 48.9. The van der Waals surface area contributed by atoms with Crippen LogP contribution in [0.5, 0.6) is 0 Å². The molecule has 0 aliphatic rings. The second-order valence-corrected chi connectivity index (χ2v) is 2.57. The average molecular weight is 359 g/mol. The summed E-state index contributed by atoms with van der Waals surface area (Å²) in [6, 6.07) is 0. The molecule has 0 aliphatic heterocycles.